The van der Waals surface area contributed by atoms with Crippen LogP contribution in [-0.2, 0) is 17.9 Å². The van der Waals surface area contributed by atoms with Crippen molar-refractivity contribution >= 4 is 17.5 Å². The minimum Gasteiger partial charge on any atom is -0.348 e. The van der Waals surface area contributed by atoms with Crippen molar-refractivity contribution in [1.29, 1.82) is 0 Å². The van der Waals surface area contributed by atoms with E-state index in [4.69, 9.17) is 5.10 Å². The maximum atomic E-state index is 13.1. The summed E-state index contributed by atoms with van der Waals surface area (Å²) in [5.74, 6) is -0.336. The van der Waals surface area contributed by atoms with Gasteiger partial charge in [0.25, 0.3) is 5.91 Å². The SMILES string of the molecule is CC(=O)Nc1cccc(CNC(=O)c2cn(Cc3ccccc3)nc2-c2ccccc2)c1. The summed E-state index contributed by atoms with van der Waals surface area (Å²) in [6, 6.07) is 27.1. The molecular weight excluding hydrogens is 400 g/mol. The summed E-state index contributed by atoms with van der Waals surface area (Å²) in [4.78, 5) is 24.4. The van der Waals surface area contributed by atoms with Gasteiger partial charge in [-0.1, -0.05) is 72.8 Å². The minimum absolute atomic E-state index is 0.135. The number of anilines is 1. The quantitative estimate of drug-likeness (QED) is 0.459. The molecule has 2 N–H and O–H groups in total. The van der Waals surface area contributed by atoms with E-state index in [-0.39, 0.29) is 11.8 Å². The van der Waals surface area contributed by atoms with Gasteiger partial charge in [0.15, 0.2) is 0 Å². The summed E-state index contributed by atoms with van der Waals surface area (Å²) in [5, 5.41) is 10.4. The number of carbonyl (C=O) groups excluding carboxylic acids is 2. The van der Waals surface area contributed by atoms with Crippen LogP contribution in [0, 0.1) is 0 Å². The third kappa shape index (κ3) is 5.29. The standard InChI is InChI=1S/C26H24N4O2/c1-19(31)28-23-14-8-11-21(15-23)16-27-26(32)24-18-30(17-20-9-4-2-5-10-20)29-25(24)22-12-6-3-7-13-22/h2-15,18H,16-17H2,1H3,(H,27,32)(H,28,31). The Balaban J connectivity index is 1.56. The lowest BCUT2D eigenvalue weighted by Crippen LogP contribution is -2.23. The number of benzene rings is 3. The molecule has 0 aliphatic rings. The number of nitrogens with one attached hydrogen (secondary N) is 2. The van der Waals surface area contributed by atoms with Gasteiger partial charge in [-0.25, -0.2) is 0 Å². The van der Waals surface area contributed by atoms with Gasteiger partial charge in [-0.15, -0.1) is 0 Å². The van der Waals surface area contributed by atoms with Gasteiger partial charge in [0.05, 0.1) is 12.1 Å². The van der Waals surface area contributed by atoms with Crippen LogP contribution in [0.25, 0.3) is 11.3 Å². The average molecular weight is 425 g/mol. The van der Waals surface area contributed by atoms with Crippen LogP contribution in [0.1, 0.15) is 28.4 Å². The van der Waals surface area contributed by atoms with Crippen LogP contribution < -0.4 is 10.6 Å². The number of aromatic nitrogens is 2. The molecule has 0 radical (unpaired) electrons. The summed E-state index contributed by atoms with van der Waals surface area (Å²) in [5.41, 5.74) is 4.75. The first-order valence-electron chi connectivity index (χ1n) is 10.4. The molecule has 32 heavy (non-hydrogen) atoms. The van der Waals surface area contributed by atoms with Crippen LogP contribution in [-0.4, -0.2) is 21.6 Å². The molecule has 0 unspecified atom stereocenters. The minimum atomic E-state index is -0.201. The van der Waals surface area contributed by atoms with Gasteiger partial charge >= 0.3 is 0 Å². The van der Waals surface area contributed by atoms with Crippen LogP contribution in [0.4, 0.5) is 5.69 Å². The van der Waals surface area contributed by atoms with Gasteiger partial charge in [0.2, 0.25) is 5.91 Å². The van der Waals surface area contributed by atoms with E-state index in [1.54, 1.807) is 10.9 Å². The third-order valence-corrected chi connectivity index (χ3v) is 4.94. The van der Waals surface area contributed by atoms with Gasteiger partial charge in [0.1, 0.15) is 5.69 Å². The molecule has 2 amide bonds. The van der Waals surface area contributed by atoms with Crippen molar-refractivity contribution in [3.63, 3.8) is 0 Å². The molecule has 1 heterocycles. The van der Waals surface area contributed by atoms with E-state index in [0.717, 1.165) is 16.7 Å². The Kier molecular flexibility index (Phi) is 6.41. The maximum Gasteiger partial charge on any atom is 0.255 e. The van der Waals surface area contributed by atoms with Crippen molar-refractivity contribution in [2.24, 2.45) is 0 Å². The molecule has 0 atom stereocenters. The summed E-state index contributed by atoms with van der Waals surface area (Å²) in [7, 11) is 0. The molecule has 4 aromatic rings. The Morgan fingerprint density at radius 3 is 2.28 bits per heavy atom. The van der Waals surface area contributed by atoms with Gasteiger partial charge in [0, 0.05) is 30.9 Å². The normalized spacial score (nSPS) is 10.5. The van der Waals surface area contributed by atoms with Crippen LogP contribution >= 0.6 is 0 Å². The molecule has 6 nitrogen and oxygen atoms in total. The lowest BCUT2D eigenvalue weighted by Gasteiger charge is -2.08. The van der Waals surface area contributed by atoms with Crippen LogP contribution in [0.2, 0.25) is 0 Å². The fraction of sp³-hybridized carbons (Fsp3) is 0.115. The number of carbonyl (C=O) groups is 2. The smallest absolute Gasteiger partial charge is 0.255 e. The zero-order valence-electron chi connectivity index (χ0n) is 17.8. The summed E-state index contributed by atoms with van der Waals surface area (Å²) < 4.78 is 1.80. The Bertz CT molecular complexity index is 1220. The Hall–Kier alpha value is -4.19. The topological polar surface area (TPSA) is 76.0 Å². The zero-order valence-corrected chi connectivity index (χ0v) is 17.8. The monoisotopic (exact) mass is 424 g/mol. The molecule has 1 aromatic heterocycles. The van der Waals surface area contributed by atoms with Gasteiger partial charge in [-0.3, -0.25) is 14.3 Å². The van der Waals surface area contributed by atoms with E-state index in [1.807, 2.05) is 84.9 Å². The van der Waals surface area contributed by atoms with Crippen LogP contribution in [0.3, 0.4) is 0 Å². The molecule has 0 aliphatic carbocycles. The molecular formula is C26H24N4O2. The van der Waals surface area contributed by atoms with Crippen molar-refractivity contribution < 1.29 is 9.59 Å². The summed E-state index contributed by atoms with van der Waals surface area (Å²) in [6.45, 7) is 2.38. The zero-order chi connectivity index (χ0) is 22.3. The van der Waals surface area contributed by atoms with E-state index in [2.05, 4.69) is 10.6 Å². The van der Waals surface area contributed by atoms with E-state index in [0.29, 0.717) is 30.0 Å². The average Bonchev–Trinajstić information content (AvgIpc) is 3.22. The van der Waals surface area contributed by atoms with Gasteiger partial charge in [-0.05, 0) is 23.3 Å². The van der Waals surface area contributed by atoms with Crippen molar-refractivity contribution in [3.8, 4) is 11.3 Å². The molecule has 4 rings (SSSR count). The highest BCUT2D eigenvalue weighted by Gasteiger charge is 2.18. The highest BCUT2D eigenvalue weighted by atomic mass is 16.2. The van der Waals surface area contributed by atoms with Crippen LogP contribution in [0.5, 0.6) is 0 Å². The number of hydrogen-bond donors (Lipinski definition) is 2. The second kappa shape index (κ2) is 9.75. The number of nitrogens with zero attached hydrogens (tertiary/aromatic N) is 2. The first kappa shape index (κ1) is 21.1. The van der Waals surface area contributed by atoms with Gasteiger partial charge < -0.3 is 10.6 Å². The van der Waals surface area contributed by atoms with E-state index < -0.39 is 0 Å². The van der Waals surface area contributed by atoms with Crippen LogP contribution in [0.15, 0.2) is 91.1 Å². The highest BCUT2D eigenvalue weighted by molar-refractivity contribution is 5.99. The van der Waals surface area contributed by atoms with Crippen molar-refractivity contribution in [2.75, 3.05) is 5.32 Å². The molecule has 0 aliphatic heterocycles. The van der Waals surface area contributed by atoms with E-state index in [9.17, 15) is 9.59 Å². The fourth-order valence-electron chi connectivity index (χ4n) is 3.49. The summed E-state index contributed by atoms with van der Waals surface area (Å²) >= 11 is 0. The molecule has 0 saturated carbocycles. The predicted octanol–water partition coefficient (Wildman–Crippen LogP) is 4.49. The first-order chi connectivity index (χ1) is 15.6. The Morgan fingerprint density at radius 2 is 1.56 bits per heavy atom. The molecule has 0 fully saturated rings. The van der Waals surface area contributed by atoms with Crippen molar-refractivity contribution in [3.05, 3.63) is 108 Å². The predicted molar refractivity (Wildman–Crippen MR) is 125 cm³/mol. The second-order valence-electron chi connectivity index (χ2n) is 7.50. The first-order valence-corrected chi connectivity index (χ1v) is 10.4. The number of rotatable bonds is 7. The van der Waals surface area contributed by atoms with Crippen molar-refractivity contribution in [2.45, 2.75) is 20.0 Å². The molecule has 0 spiro atoms. The number of hydrogen-bond acceptors (Lipinski definition) is 3. The maximum absolute atomic E-state index is 13.1. The number of amides is 2. The highest BCUT2D eigenvalue weighted by Crippen LogP contribution is 2.22. The largest absolute Gasteiger partial charge is 0.348 e. The third-order valence-electron chi connectivity index (χ3n) is 4.94. The van der Waals surface area contributed by atoms with E-state index in [1.165, 1.54) is 6.92 Å². The molecule has 6 heteroatoms. The Morgan fingerprint density at radius 1 is 0.875 bits per heavy atom. The molecule has 3 aromatic carbocycles. The molecule has 160 valence electrons. The van der Waals surface area contributed by atoms with Gasteiger partial charge in [-0.2, -0.15) is 5.10 Å². The molecule has 0 bridgehead atoms. The summed E-state index contributed by atoms with van der Waals surface area (Å²) in [6.07, 6.45) is 1.79. The van der Waals surface area contributed by atoms with Crippen molar-refractivity contribution in [1.82, 2.24) is 15.1 Å². The molecule has 0 saturated heterocycles. The Labute approximate surface area is 186 Å². The van der Waals surface area contributed by atoms with E-state index >= 15 is 0 Å². The lowest BCUT2D eigenvalue weighted by molar-refractivity contribution is -0.114. The fourth-order valence-corrected chi connectivity index (χ4v) is 3.49. The second-order valence-corrected chi connectivity index (χ2v) is 7.50. The lowest BCUT2D eigenvalue weighted by atomic mass is 10.1.